The predicted molar refractivity (Wildman–Crippen MR) is 114 cm³/mol. The van der Waals surface area contributed by atoms with Crippen LogP contribution in [0.5, 0.6) is 28.7 Å². The molecule has 0 fully saturated rings. The van der Waals surface area contributed by atoms with Gasteiger partial charge in [0.2, 0.25) is 11.7 Å². The van der Waals surface area contributed by atoms with E-state index in [0.29, 0.717) is 35.3 Å². The van der Waals surface area contributed by atoms with Crippen LogP contribution in [0.1, 0.15) is 11.1 Å². The quantitative estimate of drug-likeness (QED) is 0.567. The van der Waals surface area contributed by atoms with E-state index in [2.05, 4.69) is 21.2 Å². The maximum Gasteiger partial charge on any atom is 0.244 e. The second-order valence-electron chi connectivity index (χ2n) is 5.81. The highest BCUT2D eigenvalue weighted by atomic mass is 79.9. The van der Waals surface area contributed by atoms with Crippen LogP contribution in [-0.4, -0.2) is 41.5 Å². The third kappa shape index (κ3) is 5.57. The van der Waals surface area contributed by atoms with Gasteiger partial charge >= 0.3 is 0 Å². The van der Waals surface area contributed by atoms with Gasteiger partial charge in [0.15, 0.2) is 23.0 Å². The molecule has 0 spiro atoms. The van der Waals surface area contributed by atoms with Gasteiger partial charge in [0, 0.05) is 17.1 Å². The number of methoxy groups -OCH3 is 5. The highest BCUT2D eigenvalue weighted by Crippen LogP contribution is 2.38. The van der Waals surface area contributed by atoms with Crippen molar-refractivity contribution < 1.29 is 28.5 Å². The molecule has 0 unspecified atom stereocenters. The van der Waals surface area contributed by atoms with E-state index >= 15 is 0 Å². The van der Waals surface area contributed by atoms with Crippen molar-refractivity contribution in [3.05, 3.63) is 45.9 Å². The molecule has 0 heterocycles. The summed E-state index contributed by atoms with van der Waals surface area (Å²) < 4.78 is 27.3. The Morgan fingerprint density at radius 2 is 1.41 bits per heavy atom. The average molecular weight is 466 g/mol. The fraction of sp³-hybridized carbons (Fsp3) is 0.286. The lowest BCUT2D eigenvalue weighted by molar-refractivity contribution is -0.116. The van der Waals surface area contributed by atoms with Gasteiger partial charge in [-0.25, -0.2) is 0 Å². The summed E-state index contributed by atoms with van der Waals surface area (Å²) >= 11 is 3.46. The van der Waals surface area contributed by atoms with E-state index in [0.717, 1.165) is 15.6 Å². The van der Waals surface area contributed by atoms with Crippen molar-refractivity contribution in [1.82, 2.24) is 5.32 Å². The van der Waals surface area contributed by atoms with Crippen LogP contribution in [0.15, 0.2) is 34.8 Å². The lowest BCUT2D eigenvalue weighted by Crippen LogP contribution is -2.20. The first-order valence-electron chi connectivity index (χ1n) is 8.63. The van der Waals surface area contributed by atoms with Crippen LogP contribution in [0.2, 0.25) is 0 Å². The van der Waals surface area contributed by atoms with Crippen molar-refractivity contribution in [2.24, 2.45) is 0 Å². The predicted octanol–water partition coefficient (Wildman–Crippen LogP) is 3.82. The van der Waals surface area contributed by atoms with E-state index in [-0.39, 0.29) is 5.91 Å². The zero-order valence-electron chi connectivity index (χ0n) is 17.0. The molecule has 0 aromatic heterocycles. The van der Waals surface area contributed by atoms with E-state index in [4.69, 9.17) is 23.7 Å². The Balaban J connectivity index is 2.11. The van der Waals surface area contributed by atoms with Crippen LogP contribution in [0.25, 0.3) is 6.08 Å². The van der Waals surface area contributed by atoms with Gasteiger partial charge in [0.1, 0.15) is 0 Å². The summed E-state index contributed by atoms with van der Waals surface area (Å²) in [4.78, 5) is 12.3. The number of ether oxygens (including phenoxy) is 5. The molecule has 0 aliphatic carbocycles. The van der Waals surface area contributed by atoms with Crippen molar-refractivity contribution in [2.75, 3.05) is 35.5 Å². The Kier molecular flexibility index (Phi) is 8.21. The molecule has 1 N–H and O–H groups in total. The molecular formula is C21H24BrNO6. The normalized spacial score (nSPS) is 10.6. The summed E-state index contributed by atoms with van der Waals surface area (Å²) in [6, 6.07) is 7.14. The van der Waals surface area contributed by atoms with Crippen LogP contribution in [0.4, 0.5) is 0 Å². The van der Waals surface area contributed by atoms with E-state index in [1.54, 1.807) is 65.9 Å². The van der Waals surface area contributed by atoms with Gasteiger partial charge in [-0.3, -0.25) is 4.79 Å². The van der Waals surface area contributed by atoms with Crippen molar-refractivity contribution >= 4 is 27.9 Å². The molecule has 2 aromatic rings. The molecule has 0 aliphatic heterocycles. The second kappa shape index (κ2) is 10.6. The molecule has 1 amide bonds. The zero-order valence-corrected chi connectivity index (χ0v) is 18.6. The number of hydrogen-bond donors (Lipinski definition) is 1. The minimum Gasteiger partial charge on any atom is -0.493 e. The molecule has 0 radical (unpaired) electrons. The van der Waals surface area contributed by atoms with Crippen LogP contribution in [-0.2, 0) is 11.3 Å². The third-order valence-corrected chi connectivity index (χ3v) is 4.80. The van der Waals surface area contributed by atoms with E-state index in [9.17, 15) is 4.79 Å². The first-order valence-corrected chi connectivity index (χ1v) is 9.43. The number of rotatable bonds is 9. The summed E-state index contributed by atoms with van der Waals surface area (Å²) in [7, 11) is 7.76. The SMILES string of the molecule is COc1cc(Br)c(/C=C/C(=O)NCc2cc(OC)c(OC)c(OC)c2)cc1OC. The Hall–Kier alpha value is -2.87. The lowest BCUT2D eigenvalue weighted by Gasteiger charge is -2.14. The lowest BCUT2D eigenvalue weighted by atomic mass is 10.1. The summed E-state index contributed by atoms with van der Waals surface area (Å²) in [5.74, 6) is 2.49. The number of halogens is 1. The molecule has 0 atom stereocenters. The fourth-order valence-electron chi connectivity index (χ4n) is 2.65. The zero-order chi connectivity index (χ0) is 21.4. The number of carbonyl (C=O) groups excluding carboxylic acids is 1. The van der Waals surface area contributed by atoms with Crippen molar-refractivity contribution in [3.63, 3.8) is 0 Å². The number of carbonyl (C=O) groups is 1. The highest BCUT2D eigenvalue weighted by Gasteiger charge is 2.13. The van der Waals surface area contributed by atoms with E-state index in [1.807, 2.05) is 0 Å². The number of nitrogens with one attached hydrogen (secondary N) is 1. The smallest absolute Gasteiger partial charge is 0.244 e. The molecule has 0 bridgehead atoms. The molecular weight excluding hydrogens is 442 g/mol. The summed E-state index contributed by atoms with van der Waals surface area (Å²) in [6.45, 7) is 0.299. The van der Waals surface area contributed by atoms with Gasteiger partial charge in [-0.05, 0) is 41.5 Å². The number of hydrogen-bond acceptors (Lipinski definition) is 6. The van der Waals surface area contributed by atoms with Crippen molar-refractivity contribution in [2.45, 2.75) is 6.54 Å². The second-order valence-corrected chi connectivity index (χ2v) is 6.67. The minimum atomic E-state index is -0.250. The number of benzene rings is 2. The summed E-state index contributed by atoms with van der Waals surface area (Å²) in [6.07, 6.45) is 3.14. The summed E-state index contributed by atoms with van der Waals surface area (Å²) in [5, 5.41) is 2.83. The van der Waals surface area contributed by atoms with Gasteiger partial charge in [-0.2, -0.15) is 0 Å². The molecule has 156 valence electrons. The van der Waals surface area contributed by atoms with Gasteiger partial charge in [0.05, 0.1) is 35.5 Å². The molecule has 8 heteroatoms. The van der Waals surface area contributed by atoms with Gasteiger partial charge in [-0.15, -0.1) is 0 Å². The van der Waals surface area contributed by atoms with Crippen molar-refractivity contribution in [1.29, 1.82) is 0 Å². The maximum atomic E-state index is 12.3. The Bertz CT molecular complexity index is 872. The first-order chi connectivity index (χ1) is 14.0. The van der Waals surface area contributed by atoms with Gasteiger partial charge in [-0.1, -0.05) is 15.9 Å². The molecule has 2 rings (SSSR count). The van der Waals surface area contributed by atoms with Crippen LogP contribution >= 0.6 is 15.9 Å². The molecule has 0 aliphatic rings. The minimum absolute atomic E-state index is 0.250. The number of amides is 1. The monoisotopic (exact) mass is 465 g/mol. The molecule has 29 heavy (non-hydrogen) atoms. The summed E-state index contributed by atoms with van der Waals surface area (Å²) in [5.41, 5.74) is 1.60. The molecule has 0 saturated carbocycles. The van der Waals surface area contributed by atoms with Crippen LogP contribution < -0.4 is 29.0 Å². The van der Waals surface area contributed by atoms with E-state index in [1.165, 1.54) is 6.08 Å². The fourth-order valence-corrected chi connectivity index (χ4v) is 3.10. The van der Waals surface area contributed by atoms with Crippen LogP contribution in [0, 0.1) is 0 Å². The Morgan fingerprint density at radius 1 is 0.862 bits per heavy atom. The standard InChI is InChI=1S/C21H24BrNO6/c1-25-16-10-14(15(22)11-17(16)26-2)6-7-20(24)23-12-13-8-18(27-3)21(29-5)19(9-13)28-4/h6-11H,12H2,1-5H3,(H,23,24)/b7-6+. The molecule has 7 nitrogen and oxygen atoms in total. The molecule has 0 saturated heterocycles. The van der Waals surface area contributed by atoms with Crippen LogP contribution in [0.3, 0.4) is 0 Å². The molecule has 2 aromatic carbocycles. The topological polar surface area (TPSA) is 75.3 Å². The van der Waals surface area contributed by atoms with Crippen molar-refractivity contribution in [3.8, 4) is 28.7 Å². The van der Waals surface area contributed by atoms with E-state index < -0.39 is 0 Å². The van der Waals surface area contributed by atoms with Gasteiger partial charge in [0.25, 0.3) is 0 Å². The first kappa shape index (κ1) is 22.4. The highest BCUT2D eigenvalue weighted by molar-refractivity contribution is 9.10. The largest absolute Gasteiger partial charge is 0.493 e. The Labute approximate surface area is 178 Å². The maximum absolute atomic E-state index is 12.3. The third-order valence-electron chi connectivity index (χ3n) is 4.11. The Morgan fingerprint density at radius 3 is 1.93 bits per heavy atom. The average Bonchev–Trinajstić information content (AvgIpc) is 2.75. The van der Waals surface area contributed by atoms with Gasteiger partial charge < -0.3 is 29.0 Å².